The van der Waals surface area contributed by atoms with Crippen molar-refractivity contribution in [3.05, 3.63) is 24.3 Å². The SMILES string of the molecule is CCCCCC/C=C\C=C/CCCCCCCC(=O)O[C@H](COC(=O)CCCCCCCCC(C)C)COP(=O)(O)OC[C@H](O)COP(=O)(O)OC[C@@H](COC(=O)CCCCCCCCCC(C)C)OC(=O)CCCCCCCCCCCC(C)C. The van der Waals surface area contributed by atoms with Gasteiger partial charge in [0.2, 0.25) is 0 Å². The van der Waals surface area contributed by atoms with Crippen molar-refractivity contribution in [3.8, 4) is 0 Å². The van der Waals surface area contributed by atoms with Crippen molar-refractivity contribution >= 4 is 39.5 Å². The molecule has 0 rings (SSSR count). The molecule has 0 aromatic heterocycles. The van der Waals surface area contributed by atoms with Crippen molar-refractivity contribution in [1.82, 2.24) is 0 Å². The molecule has 0 bridgehead atoms. The van der Waals surface area contributed by atoms with Crippen LogP contribution in [0, 0.1) is 17.8 Å². The maximum absolute atomic E-state index is 13.0. The number of ether oxygens (including phenoxy) is 4. The van der Waals surface area contributed by atoms with Crippen molar-refractivity contribution in [3.63, 3.8) is 0 Å². The molecule has 0 saturated carbocycles. The van der Waals surface area contributed by atoms with Gasteiger partial charge in [-0.3, -0.25) is 37.3 Å². The van der Waals surface area contributed by atoms with Crippen LogP contribution in [-0.4, -0.2) is 96.7 Å². The summed E-state index contributed by atoms with van der Waals surface area (Å²) in [6.07, 6.45) is 42.8. The monoisotopic (exact) mass is 1260 g/mol. The molecule has 0 aromatic rings. The Kier molecular flexibility index (Phi) is 56.0. The van der Waals surface area contributed by atoms with E-state index in [0.717, 1.165) is 121 Å². The van der Waals surface area contributed by atoms with E-state index in [1.165, 1.54) is 89.9 Å². The summed E-state index contributed by atoms with van der Waals surface area (Å²) in [6, 6.07) is 0. The van der Waals surface area contributed by atoms with Gasteiger partial charge in [0.15, 0.2) is 12.2 Å². The number of phosphoric ester groups is 2. The fourth-order valence-electron chi connectivity index (χ4n) is 9.47. The molecule has 0 heterocycles. The second-order valence-electron chi connectivity index (χ2n) is 25.0. The molecule has 0 amide bonds. The minimum atomic E-state index is -4.96. The third-order valence-corrected chi connectivity index (χ3v) is 16.7. The molecule has 0 aliphatic rings. The largest absolute Gasteiger partial charge is 0.472 e. The lowest BCUT2D eigenvalue weighted by Crippen LogP contribution is -2.30. The summed E-state index contributed by atoms with van der Waals surface area (Å²) in [5.74, 6) is -0.0514. The Morgan fingerprint density at radius 3 is 0.942 bits per heavy atom. The van der Waals surface area contributed by atoms with Crippen molar-refractivity contribution in [2.45, 2.75) is 324 Å². The second-order valence-corrected chi connectivity index (χ2v) is 27.9. The standard InChI is InChI=1S/C67H126O17P2/c1-8-9-10-11-12-13-14-15-16-17-18-21-26-36-43-50-66(71)84-63(55-78-65(70)49-42-35-30-29-33-40-47-60(6)7)57-82-86(75,76)80-53-61(68)52-79-85(73,74)81-56-62(54-77-64(69)48-41-34-28-23-25-32-39-46-59(4)5)83-67(72)51-44-37-27-22-19-20-24-31-38-45-58(2)3/h13-16,58-63,68H,8-12,17-57H2,1-7H3,(H,73,74)(H,75,76)/b14-13-,16-15-/t61-,62-,63-/m1/s1. The van der Waals surface area contributed by atoms with E-state index in [-0.39, 0.29) is 25.7 Å². The van der Waals surface area contributed by atoms with Crippen LogP contribution < -0.4 is 0 Å². The highest BCUT2D eigenvalue weighted by Gasteiger charge is 2.30. The van der Waals surface area contributed by atoms with E-state index in [4.69, 9.17) is 37.0 Å². The van der Waals surface area contributed by atoms with Gasteiger partial charge in [-0.2, -0.15) is 0 Å². The molecule has 506 valence electrons. The van der Waals surface area contributed by atoms with Gasteiger partial charge in [-0.15, -0.1) is 0 Å². The molecule has 17 nitrogen and oxygen atoms in total. The molecular formula is C67H126O17P2. The van der Waals surface area contributed by atoms with Crippen LogP contribution in [0.25, 0.3) is 0 Å². The lowest BCUT2D eigenvalue weighted by atomic mass is 10.0. The summed E-state index contributed by atoms with van der Waals surface area (Å²) < 4.78 is 68.0. The number of phosphoric acid groups is 2. The molecule has 86 heavy (non-hydrogen) atoms. The van der Waals surface area contributed by atoms with Crippen molar-refractivity contribution in [2.75, 3.05) is 39.6 Å². The number of hydrogen-bond donors (Lipinski definition) is 3. The predicted octanol–water partition coefficient (Wildman–Crippen LogP) is 18.2. The average molecular weight is 1270 g/mol. The first-order valence-corrected chi connectivity index (χ1v) is 37.2. The highest BCUT2D eigenvalue weighted by Crippen LogP contribution is 2.45. The average Bonchev–Trinajstić information content (AvgIpc) is 3.60. The maximum atomic E-state index is 13.0. The third-order valence-electron chi connectivity index (χ3n) is 14.8. The Balaban J connectivity index is 5.28. The number of unbranched alkanes of at least 4 members (excludes halogenated alkanes) is 28. The van der Waals surface area contributed by atoms with Gasteiger partial charge in [-0.25, -0.2) is 9.13 Å². The smallest absolute Gasteiger partial charge is 0.462 e. The van der Waals surface area contributed by atoms with E-state index in [1.54, 1.807) is 0 Å². The molecule has 19 heteroatoms. The van der Waals surface area contributed by atoms with Gasteiger partial charge in [0.05, 0.1) is 26.4 Å². The highest BCUT2D eigenvalue weighted by atomic mass is 31.2. The van der Waals surface area contributed by atoms with Crippen LogP contribution in [0.15, 0.2) is 24.3 Å². The van der Waals surface area contributed by atoms with E-state index in [1.807, 2.05) is 0 Å². The zero-order valence-electron chi connectivity index (χ0n) is 55.3. The van der Waals surface area contributed by atoms with Crippen molar-refractivity contribution in [1.29, 1.82) is 0 Å². The van der Waals surface area contributed by atoms with Gasteiger partial charge in [0, 0.05) is 25.7 Å². The first-order chi connectivity index (χ1) is 41.2. The molecule has 0 spiro atoms. The summed E-state index contributed by atoms with van der Waals surface area (Å²) in [5.41, 5.74) is 0. The summed E-state index contributed by atoms with van der Waals surface area (Å²) in [5, 5.41) is 10.5. The highest BCUT2D eigenvalue weighted by molar-refractivity contribution is 7.47. The van der Waals surface area contributed by atoms with Crippen LogP contribution in [0.5, 0.6) is 0 Å². The molecule has 0 aromatic carbocycles. The molecule has 0 fully saturated rings. The van der Waals surface area contributed by atoms with Gasteiger partial charge < -0.3 is 33.8 Å². The van der Waals surface area contributed by atoms with Gasteiger partial charge in [-0.05, 0) is 69.1 Å². The Morgan fingerprint density at radius 1 is 0.360 bits per heavy atom. The molecular weight excluding hydrogens is 1140 g/mol. The van der Waals surface area contributed by atoms with Crippen LogP contribution in [0.4, 0.5) is 0 Å². The first-order valence-electron chi connectivity index (χ1n) is 34.2. The molecule has 0 radical (unpaired) electrons. The minimum absolute atomic E-state index is 0.0833. The lowest BCUT2D eigenvalue weighted by Gasteiger charge is -2.21. The second kappa shape index (κ2) is 57.7. The zero-order chi connectivity index (χ0) is 63.8. The fourth-order valence-corrected chi connectivity index (χ4v) is 11.0. The number of allylic oxidation sites excluding steroid dienone is 4. The number of carbonyl (C=O) groups excluding carboxylic acids is 4. The lowest BCUT2D eigenvalue weighted by molar-refractivity contribution is -0.161. The predicted molar refractivity (Wildman–Crippen MR) is 344 cm³/mol. The van der Waals surface area contributed by atoms with Crippen molar-refractivity contribution in [2.24, 2.45) is 17.8 Å². The topological polar surface area (TPSA) is 237 Å². The quantitative estimate of drug-likeness (QED) is 0.0169. The maximum Gasteiger partial charge on any atom is 0.472 e. The molecule has 0 aliphatic carbocycles. The zero-order valence-corrected chi connectivity index (χ0v) is 57.0. The van der Waals surface area contributed by atoms with E-state index < -0.39 is 97.5 Å². The Hall–Kier alpha value is -2.46. The fraction of sp³-hybridized carbons (Fsp3) is 0.881. The van der Waals surface area contributed by atoms with Crippen LogP contribution in [0.1, 0.15) is 305 Å². The van der Waals surface area contributed by atoms with E-state index >= 15 is 0 Å². The number of carbonyl (C=O) groups is 4. The van der Waals surface area contributed by atoms with Crippen LogP contribution in [0.3, 0.4) is 0 Å². The minimum Gasteiger partial charge on any atom is -0.462 e. The first kappa shape index (κ1) is 83.5. The summed E-state index contributed by atoms with van der Waals surface area (Å²) >= 11 is 0. The van der Waals surface area contributed by atoms with Crippen molar-refractivity contribution < 1.29 is 80.2 Å². The van der Waals surface area contributed by atoms with E-state index in [0.29, 0.717) is 37.5 Å². The number of rotatable bonds is 63. The summed E-state index contributed by atoms with van der Waals surface area (Å²) in [4.78, 5) is 72.3. The summed E-state index contributed by atoms with van der Waals surface area (Å²) in [7, 11) is -9.91. The number of aliphatic hydroxyl groups is 1. The molecule has 3 N–H and O–H groups in total. The molecule has 0 aliphatic heterocycles. The Morgan fingerprint density at radius 2 is 0.628 bits per heavy atom. The molecule has 0 saturated heterocycles. The Labute approximate surface area is 522 Å². The van der Waals surface area contributed by atoms with Crippen LogP contribution >= 0.6 is 15.6 Å². The Bertz CT molecular complexity index is 1790. The normalized spacial score (nSPS) is 14.5. The van der Waals surface area contributed by atoms with Gasteiger partial charge in [-0.1, -0.05) is 253 Å². The van der Waals surface area contributed by atoms with Gasteiger partial charge in [0.25, 0.3) is 0 Å². The van der Waals surface area contributed by atoms with E-state index in [2.05, 4.69) is 72.8 Å². The van der Waals surface area contributed by atoms with E-state index in [9.17, 15) is 43.2 Å². The number of hydrogen-bond acceptors (Lipinski definition) is 15. The summed E-state index contributed by atoms with van der Waals surface area (Å²) in [6.45, 7) is 11.6. The van der Waals surface area contributed by atoms with Gasteiger partial charge >= 0.3 is 39.5 Å². The van der Waals surface area contributed by atoms with Gasteiger partial charge in [0.1, 0.15) is 19.3 Å². The molecule has 5 atom stereocenters. The number of aliphatic hydroxyl groups excluding tert-OH is 1. The van der Waals surface area contributed by atoms with Crippen LogP contribution in [-0.2, 0) is 65.4 Å². The molecule has 2 unspecified atom stereocenters. The third kappa shape index (κ3) is 60.5. The number of esters is 4. The van der Waals surface area contributed by atoms with Crippen LogP contribution in [0.2, 0.25) is 0 Å².